The molecule has 1 aromatic rings. The molecule has 0 saturated carbocycles. The Balaban J connectivity index is 2.14. The fourth-order valence-electron chi connectivity index (χ4n) is 3.23. The van der Waals surface area contributed by atoms with E-state index in [1.165, 1.54) is 10.6 Å². The van der Waals surface area contributed by atoms with Crippen molar-refractivity contribution in [3.63, 3.8) is 0 Å². The Hall–Kier alpha value is -1.69. The van der Waals surface area contributed by atoms with Crippen LogP contribution < -0.4 is 5.56 Å². The van der Waals surface area contributed by atoms with Crippen LogP contribution in [-0.4, -0.2) is 47.8 Å². The number of rotatable bonds is 8. The Morgan fingerprint density at radius 3 is 2.76 bits per heavy atom. The molecule has 1 fully saturated rings. The molecule has 6 heteroatoms. The van der Waals surface area contributed by atoms with Crippen LogP contribution >= 0.6 is 0 Å². The SMILES string of the molecule is CCOC(=O)C(CC(C)C)n1cc(CCN2CC[C@@H](F)C2)ccc1=O. The van der Waals surface area contributed by atoms with Gasteiger partial charge < -0.3 is 14.2 Å². The van der Waals surface area contributed by atoms with Gasteiger partial charge in [0.25, 0.3) is 5.56 Å². The smallest absolute Gasteiger partial charge is 0.329 e. The number of alkyl halides is 1. The third-order valence-corrected chi connectivity index (χ3v) is 4.52. The highest BCUT2D eigenvalue weighted by Gasteiger charge is 2.24. The van der Waals surface area contributed by atoms with Crippen LogP contribution in [0.25, 0.3) is 0 Å². The van der Waals surface area contributed by atoms with Crippen LogP contribution in [0, 0.1) is 5.92 Å². The minimum atomic E-state index is -0.729. The summed E-state index contributed by atoms with van der Waals surface area (Å²) >= 11 is 0. The zero-order chi connectivity index (χ0) is 18.4. The standard InChI is InChI=1S/C19H29FN2O3/c1-4-25-19(24)17(11-14(2)3)22-12-15(5-6-18(22)23)7-9-21-10-8-16(20)13-21/h5-6,12,14,16-17H,4,7-11,13H2,1-3H3/t16-,17?/m1/s1. The highest BCUT2D eigenvalue weighted by molar-refractivity contribution is 5.74. The molecule has 2 heterocycles. The fraction of sp³-hybridized carbons (Fsp3) is 0.684. The van der Waals surface area contributed by atoms with Crippen LogP contribution in [0.5, 0.6) is 0 Å². The molecular weight excluding hydrogens is 323 g/mol. The van der Waals surface area contributed by atoms with E-state index in [-0.39, 0.29) is 17.4 Å². The Labute approximate surface area is 148 Å². The van der Waals surface area contributed by atoms with E-state index in [0.29, 0.717) is 26.0 Å². The molecule has 2 atom stereocenters. The first-order chi connectivity index (χ1) is 11.9. The van der Waals surface area contributed by atoms with E-state index in [9.17, 15) is 14.0 Å². The molecule has 1 saturated heterocycles. The Bertz CT molecular complexity index is 629. The number of pyridine rings is 1. The van der Waals surface area contributed by atoms with E-state index >= 15 is 0 Å². The van der Waals surface area contributed by atoms with Crippen LogP contribution in [0.3, 0.4) is 0 Å². The molecule has 25 heavy (non-hydrogen) atoms. The van der Waals surface area contributed by atoms with Crippen molar-refractivity contribution in [3.05, 3.63) is 34.2 Å². The van der Waals surface area contributed by atoms with Gasteiger partial charge in [0.15, 0.2) is 0 Å². The van der Waals surface area contributed by atoms with Gasteiger partial charge in [-0.05, 0) is 37.7 Å². The molecular formula is C19H29FN2O3. The van der Waals surface area contributed by atoms with Gasteiger partial charge in [-0.25, -0.2) is 9.18 Å². The molecule has 0 bridgehead atoms. The van der Waals surface area contributed by atoms with E-state index in [0.717, 1.165) is 25.1 Å². The van der Waals surface area contributed by atoms with Crippen LogP contribution in [0.2, 0.25) is 0 Å². The first kappa shape index (κ1) is 19.6. The summed E-state index contributed by atoms with van der Waals surface area (Å²) < 4.78 is 19.9. The Morgan fingerprint density at radius 2 is 2.16 bits per heavy atom. The van der Waals surface area contributed by atoms with Crippen molar-refractivity contribution >= 4 is 5.97 Å². The van der Waals surface area contributed by atoms with Crippen LogP contribution in [-0.2, 0) is 16.0 Å². The summed E-state index contributed by atoms with van der Waals surface area (Å²) in [5, 5.41) is 0. The van der Waals surface area contributed by atoms with Gasteiger partial charge in [-0.1, -0.05) is 19.9 Å². The van der Waals surface area contributed by atoms with Crippen molar-refractivity contribution in [2.24, 2.45) is 5.92 Å². The van der Waals surface area contributed by atoms with Gasteiger partial charge in [0, 0.05) is 31.9 Å². The summed E-state index contributed by atoms with van der Waals surface area (Å²) in [6, 6.07) is 2.69. The lowest BCUT2D eigenvalue weighted by Crippen LogP contribution is -2.32. The number of ether oxygens (including phenoxy) is 1. The summed E-state index contributed by atoms with van der Waals surface area (Å²) in [5.74, 6) is -0.105. The second kappa shape index (κ2) is 9.13. The van der Waals surface area contributed by atoms with Gasteiger partial charge in [-0.2, -0.15) is 0 Å². The van der Waals surface area contributed by atoms with E-state index < -0.39 is 12.2 Å². The predicted octanol–water partition coefficient (Wildman–Crippen LogP) is 2.58. The number of aromatic nitrogens is 1. The number of carbonyl (C=O) groups is 1. The average molecular weight is 352 g/mol. The van der Waals surface area contributed by atoms with Crippen LogP contribution in [0.1, 0.15) is 45.2 Å². The van der Waals surface area contributed by atoms with Crippen molar-refractivity contribution < 1.29 is 13.9 Å². The first-order valence-electron chi connectivity index (χ1n) is 9.14. The summed E-state index contributed by atoms with van der Waals surface area (Å²) in [4.78, 5) is 26.7. The molecule has 1 aromatic heterocycles. The zero-order valence-corrected chi connectivity index (χ0v) is 15.4. The second-order valence-electron chi connectivity index (χ2n) is 7.12. The minimum absolute atomic E-state index is 0.201. The molecule has 5 nitrogen and oxygen atoms in total. The normalized spacial score (nSPS) is 19.3. The topological polar surface area (TPSA) is 51.5 Å². The van der Waals surface area contributed by atoms with Crippen molar-refractivity contribution in [1.29, 1.82) is 0 Å². The van der Waals surface area contributed by atoms with Gasteiger partial charge >= 0.3 is 5.97 Å². The summed E-state index contributed by atoms with van der Waals surface area (Å²) in [6.45, 7) is 8.10. The van der Waals surface area contributed by atoms with Crippen molar-refractivity contribution in [3.8, 4) is 0 Å². The number of esters is 1. The van der Waals surface area contributed by atoms with Crippen molar-refractivity contribution in [1.82, 2.24) is 9.47 Å². The van der Waals surface area contributed by atoms with Crippen molar-refractivity contribution in [2.45, 2.75) is 52.2 Å². The maximum Gasteiger partial charge on any atom is 0.329 e. The highest BCUT2D eigenvalue weighted by atomic mass is 19.1. The number of nitrogens with zero attached hydrogens (tertiary/aromatic N) is 2. The maximum atomic E-state index is 13.3. The Morgan fingerprint density at radius 1 is 1.40 bits per heavy atom. The summed E-state index contributed by atoms with van der Waals surface area (Å²) in [7, 11) is 0. The summed E-state index contributed by atoms with van der Waals surface area (Å²) in [6.07, 6.45) is 2.91. The van der Waals surface area contributed by atoms with E-state index in [1.54, 1.807) is 19.2 Å². The molecule has 140 valence electrons. The molecule has 1 aliphatic heterocycles. The molecule has 1 aliphatic rings. The molecule has 0 radical (unpaired) electrons. The van der Waals surface area contributed by atoms with Gasteiger partial charge in [0.1, 0.15) is 12.2 Å². The molecule has 0 aliphatic carbocycles. The van der Waals surface area contributed by atoms with E-state index in [1.807, 2.05) is 13.8 Å². The molecule has 0 aromatic carbocycles. The quantitative estimate of drug-likeness (QED) is 0.675. The van der Waals surface area contributed by atoms with Gasteiger partial charge in [-0.3, -0.25) is 4.79 Å². The fourth-order valence-corrected chi connectivity index (χ4v) is 3.23. The third kappa shape index (κ3) is 5.66. The van der Waals surface area contributed by atoms with E-state index in [4.69, 9.17) is 4.74 Å². The van der Waals surface area contributed by atoms with Gasteiger partial charge in [0.05, 0.1) is 6.61 Å². The predicted molar refractivity (Wildman–Crippen MR) is 95.5 cm³/mol. The number of hydrogen-bond acceptors (Lipinski definition) is 4. The van der Waals surface area contributed by atoms with Gasteiger partial charge in [-0.15, -0.1) is 0 Å². The lowest BCUT2D eigenvalue weighted by molar-refractivity contribution is -0.147. The third-order valence-electron chi connectivity index (χ3n) is 4.52. The number of carbonyl (C=O) groups excluding carboxylic acids is 1. The Kier molecular flexibility index (Phi) is 7.17. The average Bonchev–Trinajstić information content (AvgIpc) is 2.97. The minimum Gasteiger partial charge on any atom is -0.464 e. The lowest BCUT2D eigenvalue weighted by atomic mass is 10.0. The largest absolute Gasteiger partial charge is 0.464 e. The highest BCUT2D eigenvalue weighted by Crippen LogP contribution is 2.19. The van der Waals surface area contributed by atoms with Gasteiger partial charge in [0.2, 0.25) is 0 Å². The second-order valence-corrected chi connectivity index (χ2v) is 7.12. The zero-order valence-electron chi connectivity index (χ0n) is 15.4. The number of hydrogen-bond donors (Lipinski definition) is 0. The lowest BCUT2D eigenvalue weighted by Gasteiger charge is -2.21. The summed E-state index contributed by atoms with van der Waals surface area (Å²) in [5.41, 5.74) is 0.771. The maximum absolute atomic E-state index is 13.3. The monoisotopic (exact) mass is 352 g/mol. The van der Waals surface area contributed by atoms with Crippen LogP contribution in [0.15, 0.2) is 23.1 Å². The van der Waals surface area contributed by atoms with E-state index in [2.05, 4.69) is 4.90 Å². The first-order valence-corrected chi connectivity index (χ1v) is 9.14. The molecule has 0 spiro atoms. The van der Waals surface area contributed by atoms with Crippen LogP contribution in [0.4, 0.5) is 4.39 Å². The molecule has 0 amide bonds. The van der Waals surface area contributed by atoms with Crippen molar-refractivity contribution in [2.75, 3.05) is 26.2 Å². The number of halogens is 1. The number of likely N-dealkylation sites (tertiary alicyclic amines) is 1. The molecule has 2 rings (SSSR count). The molecule has 1 unspecified atom stereocenters. The molecule has 0 N–H and O–H groups in total.